The highest BCUT2D eigenvalue weighted by Crippen LogP contribution is 2.30. The molecule has 1 fully saturated rings. The molecule has 2 aromatic heterocycles. The quantitative estimate of drug-likeness (QED) is 0.605. The molecule has 1 aliphatic carbocycles. The number of fused-ring (bicyclic) bond motifs is 1. The van der Waals surface area contributed by atoms with Crippen molar-refractivity contribution in [3.8, 4) is 17.0 Å². The summed E-state index contributed by atoms with van der Waals surface area (Å²) in [5.41, 5.74) is 11.1. The summed E-state index contributed by atoms with van der Waals surface area (Å²) in [5, 5.41) is 0. The second kappa shape index (κ2) is 8.87. The third-order valence-corrected chi connectivity index (χ3v) is 5.94. The van der Waals surface area contributed by atoms with E-state index in [1.165, 1.54) is 37.8 Å². The van der Waals surface area contributed by atoms with E-state index in [1.54, 1.807) is 0 Å². The number of nitrogen functional groups attached to an aromatic ring is 1. The van der Waals surface area contributed by atoms with E-state index in [9.17, 15) is 0 Å². The van der Waals surface area contributed by atoms with Crippen LogP contribution < -0.4 is 10.5 Å². The van der Waals surface area contributed by atoms with Gasteiger partial charge in [-0.25, -0.2) is 4.98 Å². The lowest BCUT2D eigenvalue weighted by atomic mass is 9.94. The number of pyridine rings is 1. The predicted octanol–water partition coefficient (Wildman–Crippen LogP) is 5.14. The maximum atomic E-state index is 6.10. The average Bonchev–Trinajstić information content (AvgIpc) is 3.10. The van der Waals surface area contributed by atoms with Gasteiger partial charge in [-0.05, 0) is 62.7 Å². The molecule has 0 unspecified atom stereocenters. The first-order valence-electron chi connectivity index (χ1n) is 10.9. The maximum Gasteiger partial charge on any atom is 0.137 e. The summed E-state index contributed by atoms with van der Waals surface area (Å²) in [5.74, 6) is 0.907. The lowest BCUT2D eigenvalue weighted by molar-refractivity contribution is 0.182. The largest absolute Gasteiger partial charge is 0.494 e. The number of ether oxygens (including phenoxy) is 1. The summed E-state index contributed by atoms with van der Waals surface area (Å²) in [7, 11) is 2.24. The van der Waals surface area contributed by atoms with E-state index in [4.69, 9.17) is 15.5 Å². The fourth-order valence-electron chi connectivity index (χ4n) is 4.31. The molecule has 0 spiro atoms. The second-order valence-electron chi connectivity index (χ2n) is 8.18. The number of benzene rings is 1. The Morgan fingerprint density at radius 3 is 2.59 bits per heavy atom. The van der Waals surface area contributed by atoms with Gasteiger partial charge in [0.05, 0.1) is 18.0 Å². The summed E-state index contributed by atoms with van der Waals surface area (Å²) < 4.78 is 7.90. The molecule has 5 nitrogen and oxygen atoms in total. The summed E-state index contributed by atoms with van der Waals surface area (Å²) in [6, 6.07) is 12.9. The van der Waals surface area contributed by atoms with Crippen molar-refractivity contribution in [2.75, 3.05) is 19.4 Å². The van der Waals surface area contributed by atoms with E-state index in [0.717, 1.165) is 47.9 Å². The van der Waals surface area contributed by atoms with Gasteiger partial charge in [-0.2, -0.15) is 0 Å². The molecule has 4 rings (SSSR count). The fourth-order valence-corrected chi connectivity index (χ4v) is 4.31. The molecule has 3 aromatic rings. The Hall–Kier alpha value is -2.53. The topological polar surface area (TPSA) is 55.8 Å². The molecule has 2 heterocycles. The Labute approximate surface area is 173 Å². The van der Waals surface area contributed by atoms with E-state index in [1.807, 2.05) is 30.5 Å². The molecule has 0 radical (unpaired) electrons. The van der Waals surface area contributed by atoms with Crippen molar-refractivity contribution < 1.29 is 4.74 Å². The standard InChI is InChI=1S/C24H32N4O/c1-3-15-29-21-12-9-18(10-13-21)24-22(17-27(2)20-7-5-4-6-8-20)28-16-19(25)11-14-23(28)26-24/h9-14,16,20H,3-8,15,17,25H2,1-2H3. The van der Waals surface area contributed by atoms with Crippen LogP contribution in [0.1, 0.15) is 51.1 Å². The molecule has 2 N–H and O–H groups in total. The molecule has 1 aliphatic rings. The van der Waals surface area contributed by atoms with Gasteiger partial charge in [0.2, 0.25) is 0 Å². The van der Waals surface area contributed by atoms with Crippen molar-refractivity contribution in [1.82, 2.24) is 14.3 Å². The van der Waals surface area contributed by atoms with Crippen LogP contribution in [0.4, 0.5) is 5.69 Å². The molecule has 0 saturated heterocycles. The number of imidazole rings is 1. The molecular formula is C24H32N4O. The Balaban J connectivity index is 1.68. The smallest absolute Gasteiger partial charge is 0.137 e. The Kier molecular flexibility index (Phi) is 6.05. The molecule has 1 aromatic carbocycles. The lowest BCUT2D eigenvalue weighted by Gasteiger charge is -2.31. The van der Waals surface area contributed by atoms with Gasteiger partial charge in [-0.1, -0.05) is 26.2 Å². The predicted molar refractivity (Wildman–Crippen MR) is 119 cm³/mol. The molecule has 0 amide bonds. The summed E-state index contributed by atoms with van der Waals surface area (Å²) in [6.45, 7) is 3.72. The highest BCUT2D eigenvalue weighted by Gasteiger charge is 2.22. The molecule has 154 valence electrons. The van der Waals surface area contributed by atoms with Crippen molar-refractivity contribution in [3.05, 3.63) is 48.3 Å². The minimum absolute atomic E-state index is 0.646. The summed E-state index contributed by atoms with van der Waals surface area (Å²) in [6.07, 6.45) is 9.61. The summed E-state index contributed by atoms with van der Waals surface area (Å²) >= 11 is 0. The number of hydrogen-bond donors (Lipinski definition) is 1. The van der Waals surface area contributed by atoms with E-state index in [0.29, 0.717) is 6.04 Å². The SMILES string of the molecule is CCCOc1ccc(-c2nc3ccc(N)cn3c2CN(C)C2CCCCC2)cc1. The highest BCUT2D eigenvalue weighted by molar-refractivity contribution is 5.68. The van der Waals surface area contributed by atoms with Gasteiger partial charge in [0.15, 0.2) is 0 Å². The Morgan fingerprint density at radius 1 is 1.10 bits per heavy atom. The van der Waals surface area contributed by atoms with Crippen LogP contribution in [0.15, 0.2) is 42.6 Å². The van der Waals surface area contributed by atoms with Gasteiger partial charge in [-0.3, -0.25) is 4.90 Å². The molecule has 1 saturated carbocycles. The number of nitrogens with zero attached hydrogens (tertiary/aromatic N) is 3. The van der Waals surface area contributed by atoms with Gasteiger partial charge in [0, 0.05) is 30.0 Å². The van der Waals surface area contributed by atoms with Crippen molar-refractivity contribution >= 4 is 11.3 Å². The Bertz CT molecular complexity index is 941. The summed E-state index contributed by atoms with van der Waals surface area (Å²) in [4.78, 5) is 7.45. The molecule has 0 bridgehead atoms. The first-order valence-corrected chi connectivity index (χ1v) is 10.9. The number of anilines is 1. The average molecular weight is 393 g/mol. The molecule has 29 heavy (non-hydrogen) atoms. The molecule has 0 aliphatic heterocycles. The van der Waals surface area contributed by atoms with Crippen LogP contribution >= 0.6 is 0 Å². The molecule has 5 heteroatoms. The highest BCUT2D eigenvalue weighted by atomic mass is 16.5. The van der Waals surface area contributed by atoms with Gasteiger partial charge >= 0.3 is 0 Å². The number of nitrogens with two attached hydrogens (primary N) is 1. The monoisotopic (exact) mass is 392 g/mol. The minimum Gasteiger partial charge on any atom is -0.494 e. The van der Waals surface area contributed by atoms with Crippen molar-refractivity contribution in [1.29, 1.82) is 0 Å². The van der Waals surface area contributed by atoms with Crippen LogP contribution in [0.25, 0.3) is 16.9 Å². The minimum atomic E-state index is 0.646. The van der Waals surface area contributed by atoms with Crippen LogP contribution in [0, 0.1) is 0 Å². The van der Waals surface area contributed by atoms with E-state index in [-0.39, 0.29) is 0 Å². The zero-order valence-electron chi connectivity index (χ0n) is 17.6. The Morgan fingerprint density at radius 2 is 1.86 bits per heavy atom. The van der Waals surface area contributed by atoms with E-state index >= 15 is 0 Å². The first kappa shape index (κ1) is 19.8. The van der Waals surface area contributed by atoms with Crippen LogP contribution in [0.2, 0.25) is 0 Å². The van der Waals surface area contributed by atoms with E-state index in [2.05, 4.69) is 35.4 Å². The lowest BCUT2D eigenvalue weighted by Crippen LogP contribution is -2.33. The van der Waals surface area contributed by atoms with Crippen molar-refractivity contribution in [2.45, 2.75) is 58.0 Å². The van der Waals surface area contributed by atoms with Crippen LogP contribution in [-0.4, -0.2) is 34.0 Å². The zero-order chi connectivity index (χ0) is 20.2. The number of rotatable bonds is 7. The second-order valence-corrected chi connectivity index (χ2v) is 8.18. The van der Waals surface area contributed by atoms with Crippen LogP contribution in [-0.2, 0) is 6.54 Å². The third kappa shape index (κ3) is 4.40. The first-order chi connectivity index (χ1) is 14.2. The maximum absolute atomic E-state index is 6.10. The molecular weight excluding hydrogens is 360 g/mol. The fraction of sp³-hybridized carbons (Fsp3) is 0.458. The van der Waals surface area contributed by atoms with Crippen molar-refractivity contribution in [3.63, 3.8) is 0 Å². The van der Waals surface area contributed by atoms with Gasteiger partial charge in [0.1, 0.15) is 11.4 Å². The van der Waals surface area contributed by atoms with E-state index < -0.39 is 0 Å². The zero-order valence-corrected chi connectivity index (χ0v) is 17.6. The van der Waals surface area contributed by atoms with Gasteiger partial charge in [0.25, 0.3) is 0 Å². The van der Waals surface area contributed by atoms with Crippen LogP contribution in [0.3, 0.4) is 0 Å². The van der Waals surface area contributed by atoms with Gasteiger partial charge in [-0.15, -0.1) is 0 Å². The normalized spacial score (nSPS) is 15.3. The number of aromatic nitrogens is 2. The van der Waals surface area contributed by atoms with Gasteiger partial charge < -0.3 is 14.9 Å². The third-order valence-electron chi connectivity index (χ3n) is 5.94. The van der Waals surface area contributed by atoms with Crippen molar-refractivity contribution in [2.24, 2.45) is 0 Å². The molecule has 0 atom stereocenters. The van der Waals surface area contributed by atoms with Crippen LogP contribution in [0.5, 0.6) is 5.75 Å². The number of hydrogen-bond acceptors (Lipinski definition) is 4.